The number of hydrogen-bond donors (Lipinski definition) is 1. The van der Waals surface area contributed by atoms with Gasteiger partial charge in [0.25, 0.3) is 0 Å². The molecule has 1 aliphatic heterocycles. The van der Waals surface area contributed by atoms with Crippen LogP contribution in [-0.2, 0) is 4.74 Å². The second-order valence-electron chi connectivity index (χ2n) is 4.73. The summed E-state index contributed by atoms with van der Waals surface area (Å²) in [5, 5.41) is 21.5. The lowest BCUT2D eigenvalue weighted by molar-refractivity contribution is -0.383. The van der Waals surface area contributed by atoms with Gasteiger partial charge in [0.1, 0.15) is 0 Å². The number of nitro benzene ring substituents is 1. The number of anilines is 1. The predicted molar refractivity (Wildman–Crippen MR) is 74.2 cm³/mol. The Bertz CT molecular complexity index is 638. The molecule has 0 saturated carbocycles. The highest BCUT2D eigenvalue weighted by Gasteiger charge is 2.19. The van der Waals surface area contributed by atoms with Gasteiger partial charge < -0.3 is 10.1 Å². The van der Waals surface area contributed by atoms with Crippen LogP contribution in [0, 0.1) is 10.1 Å². The van der Waals surface area contributed by atoms with E-state index in [1.165, 1.54) is 6.07 Å². The summed E-state index contributed by atoms with van der Waals surface area (Å²) in [4.78, 5) is 12.7. The Morgan fingerprint density at radius 1 is 1.29 bits per heavy atom. The summed E-state index contributed by atoms with van der Waals surface area (Å²) in [5.41, 5.74) is 1.12. The van der Waals surface area contributed by atoms with E-state index in [4.69, 9.17) is 4.74 Å². The second-order valence-corrected chi connectivity index (χ2v) is 4.73. The first-order valence-corrected chi connectivity index (χ1v) is 6.69. The normalized spacial score (nSPS) is 16.2. The third kappa shape index (κ3) is 2.93. The molecule has 1 fully saturated rings. The van der Waals surface area contributed by atoms with E-state index in [0.717, 1.165) is 32.8 Å². The number of aromatic nitrogens is 2. The van der Waals surface area contributed by atoms with E-state index in [-0.39, 0.29) is 11.2 Å². The summed E-state index contributed by atoms with van der Waals surface area (Å²) < 4.78 is 9.91. The van der Waals surface area contributed by atoms with E-state index in [1.807, 2.05) is 0 Å². The third-order valence-corrected chi connectivity index (χ3v) is 3.44. The number of nitro groups is 1. The van der Waals surface area contributed by atoms with E-state index >= 15 is 0 Å². The fourth-order valence-electron chi connectivity index (χ4n) is 2.32. The van der Waals surface area contributed by atoms with Crippen LogP contribution in [0.1, 0.15) is 0 Å². The first-order valence-electron chi connectivity index (χ1n) is 6.69. The smallest absolute Gasteiger partial charge is 0.300 e. The van der Waals surface area contributed by atoms with Gasteiger partial charge in [-0.1, -0.05) is 0 Å². The van der Waals surface area contributed by atoms with Gasteiger partial charge in [-0.25, -0.2) is 4.63 Å². The summed E-state index contributed by atoms with van der Waals surface area (Å²) >= 11 is 0. The van der Waals surface area contributed by atoms with Gasteiger partial charge in [-0.3, -0.25) is 15.0 Å². The molecule has 9 heteroatoms. The molecule has 0 amide bonds. The Labute approximate surface area is 120 Å². The van der Waals surface area contributed by atoms with E-state index in [1.54, 1.807) is 6.07 Å². The highest BCUT2D eigenvalue weighted by atomic mass is 16.6. The molecule has 3 rings (SSSR count). The van der Waals surface area contributed by atoms with Crippen molar-refractivity contribution in [2.45, 2.75) is 0 Å². The third-order valence-electron chi connectivity index (χ3n) is 3.44. The van der Waals surface area contributed by atoms with Gasteiger partial charge in [-0.2, -0.15) is 0 Å². The number of nitrogens with one attached hydrogen (secondary N) is 1. The molecule has 0 aliphatic carbocycles. The van der Waals surface area contributed by atoms with Crippen LogP contribution in [0.5, 0.6) is 0 Å². The van der Waals surface area contributed by atoms with E-state index < -0.39 is 4.92 Å². The van der Waals surface area contributed by atoms with Crippen molar-refractivity contribution in [3.63, 3.8) is 0 Å². The zero-order chi connectivity index (χ0) is 14.7. The van der Waals surface area contributed by atoms with Gasteiger partial charge in [-0.15, -0.1) is 0 Å². The summed E-state index contributed by atoms with van der Waals surface area (Å²) in [5.74, 6) is 0. The van der Waals surface area contributed by atoms with Gasteiger partial charge in [0, 0.05) is 32.2 Å². The zero-order valence-electron chi connectivity index (χ0n) is 11.3. The lowest BCUT2D eigenvalue weighted by Gasteiger charge is -2.26. The van der Waals surface area contributed by atoms with Crippen molar-refractivity contribution >= 4 is 22.4 Å². The van der Waals surface area contributed by atoms with E-state index in [0.29, 0.717) is 17.7 Å². The number of morpholine rings is 1. The number of non-ortho nitro benzene ring substituents is 1. The number of rotatable bonds is 5. The fraction of sp³-hybridized carbons (Fsp3) is 0.500. The lowest BCUT2D eigenvalue weighted by atomic mass is 10.2. The second kappa shape index (κ2) is 6.02. The van der Waals surface area contributed by atoms with Gasteiger partial charge in [-0.05, 0) is 16.4 Å². The molecular formula is C12H15N5O4. The first kappa shape index (κ1) is 13.7. The van der Waals surface area contributed by atoms with E-state index in [9.17, 15) is 10.1 Å². The standard InChI is InChI=1S/C12H15N5O4/c18-17(19)10-2-1-9(11-12(10)15-21-14-11)13-3-4-16-5-7-20-8-6-16/h1-2,13H,3-8H2. The molecule has 0 radical (unpaired) electrons. The molecule has 112 valence electrons. The number of fused-ring (bicyclic) bond motifs is 1. The summed E-state index contributed by atoms with van der Waals surface area (Å²) in [6.45, 7) is 4.93. The fourth-order valence-corrected chi connectivity index (χ4v) is 2.32. The molecule has 0 unspecified atom stereocenters. The van der Waals surface area contributed by atoms with Crippen LogP contribution in [0.2, 0.25) is 0 Å². The van der Waals surface area contributed by atoms with Crippen LogP contribution >= 0.6 is 0 Å². The monoisotopic (exact) mass is 293 g/mol. The van der Waals surface area contributed by atoms with Gasteiger partial charge >= 0.3 is 5.69 Å². The SMILES string of the molecule is O=[N+]([O-])c1ccc(NCCN2CCOCC2)c2nonc12. The van der Waals surface area contributed by atoms with Crippen molar-refractivity contribution in [2.75, 3.05) is 44.7 Å². The van der Waals surface area contributed by atoms with Crippen LogP contribution in [-0.4, -0.2) is 59.5 Å². The van der Waals surface area contributed by atoms with Gasteiger partial charge in [0.05, 0.1) is 23.8 Å². The summed E-state index contributed by atoms with van der Waals surface area (Å²) in [7, 11) is 0. The van der Waals surface area contributed by atoms with Gasteiger partial charge in [0.15, 0.2) is 5.52 Å². The maximum absolute atomic E-state index is 10.9. The van der Waals surface area contributed by atoms with Gasteiger partial charge in [0.2, 0.25) is 5.52 Å². The number of nitrogens with zero attached hydrogens (tertiary/aromatic N) is 4. The predicted octanol–water partition coefficient (Wildman–Crippen LogP) is 0.875. The van der Waals surface area contributed by atoms with Crippen molar-refractivity contribution in [3.05, 3.63) is 22.2 Å². The average Bonchev–Trinajstić information content (AvgIpc) is 2.98. The first-order chi connectivity index (χ1) is 10.3. The molecule has 2 aromatic rings. The lowest BCUT2D eigenvalue weighted by Crippen LogP contribution is -2.39. The Kier molecular flexibility index (Phi) is 3.93. The van der Waals surface area contributed by atoms with Crippen molar-refractivity contribution in [2.24, 2.45) is 0 Å². The van der Waals surface area contributed by atoms with Crippen LogP contribution in [0.15, 0.2) is 16.8 Å². The molecule has 1 aromatic carbocycles. The van der Waals surface area contributed by atoms with Crippen molar-refractivity contribution in [1.29, 1.82) is 0 Å². The molecule has 0 bridgehead atoms. The number of hydrogen-bond acceptors (Lipinski definition) is 8. The van der Waals surface area contributed by atoms with Crippen molar-refractivity contribution < 1.29 is 14.3 Å². The summed E-state index contributed by atoms with van der Waals surface area (Å²) in [6, 6.07) is 3.04. The highest BCUT2D eigenvalue weighted by Crippen LogP contribution is 2.28. The molecule has 1 aliphatic rings. The molecule has 0 spiro atoms. The Hall–Kier alpha value is -2.26. The Morgan fingerprint density at radius 2 is 2.05 bits per heavy atom. The van der Waals surface area contributed by atoms with Crippen molar-refractivity contribution in [1.82, 2.24) is 15.2 Å². The van der Waals surface area contributed by atoms with Crippen LogP contribution in [0.25, 0.3) is 11.0 Å². The molecule has 1 aromatic heterocycles. The van der Waals surface area contributed by atoms with Crippen LogP contribution in [0.4, 0.5) is 11.4 Å². The molecule has 2 heterocycles. The van der Waals surface area contributed by atoms with Crippen molar-refractivity contribution in [3.8, 4) is 0 Å². The Morgan fingerprint density at radius 3 is 2.81 bits per heavy atom. The maximum Gasteiger partial charge on any atom is 0.300 e. The molecule has 0 atom stereocenters. The number of ether oxygens (including phenoxy) is 1. The topological polar surface area (TPSA) is 107 Å². The van der Waals surface area contributed by atoms with Crippen LogP contribution in [0.3, 0.4) is 0 Å². The Balaban J connectivity index is 1.68. The minimum atomic E-state index is -0.496. The quantitative estimate of drug-likeness (QED) is 0.639. The van der Waals surface area contributed by atoms with E-state index in [2.05, 4.69) is 25.2 Å². The largest absolute Gasteiger partial charge is 0.382 e. The highest BCUT2D eigenvalue weighted by molar-refractivity contribution is 5.93. The zero-order valence-corrected chi connectivity index (χ0v) is 11.3. The number of benzene rings is 1. The molecular weight excluding hydrogens is 278 g/mol. The molecule has 1 saturated heterocycles. The minimum absolute atomic E-state index is 0.107. The minimum Gasteiger partial charge on any atom is -0.382 e. The average molecular weight is 293 g/mol. The molecule has 1 N–H and O–H groups in total. The summed E-state index contributed by atoms with van der Waals surface area (Å²) in [6.07, 6.45) is 0. The van der Waals surface area contributed by atoms with Crippen LogP contribution < -0.4 is 5.32 Å². The maximum atomic E-state index is 10.9. The molecule has 21 heavy (non-hydrogen) atoms. The molecule has 9 nitrogen and oxygen atoms in total.